The van der Waals surface area contributed by atoms with Gasteiger partial charge < -0.3 is 20.3 Å². The molecule has 156 valence electrons. The number of para-hydroxylation sites is 1. The van der Waals surface area contributed by atoms with E-state index >= 15 is 0 Å². The zero-order chi connectivity index (χ0) is 20.5. The summed E-state index contributed by atoms with van der Waals surface area (Å²) < 4.78 is 5.36. The minimum Gasteiger partial charge on any atom is -0.496 e. The van der Waals surface area contributed by atoms with Gasteiger partial charge in [0, 0.05) is 37.4 Å². The summed E-state index contributed by atoms with van der Waals surface area (Å²) in [6.45, 7) is 6.03. The molecule has 3 rings (SSSR count). The van der Waals surface area contributed by atoms with Crippen molar-refractivity contribution in [3.8, 4) is 5.75 Å². The number of carbonyl (C=O) groups excluding carboxylic acids is 1. The predicted octanol–water partition coefficient (Wildman–Crippen LogP) is 4.09. The van der Waals surface area contributed by atoms with Gasteiger partial charge >= 0.3 is 0 Å². The monoisotopic (exact) mass is 395 g/mol. The number of nitrogens with one attached hydrogen (secondary N) is 2. The fourth-order valence-corrected chi connectivity index (χ4v) is 3.71. The molecule has 0 aliphatic carbocycles. The predicted molar refractivity (Wildman–Crippen MR) is 120 cm³/mol. The number of benzene rings is 2. The molecule has 5 heteroatoms. The number of piperidine rings is 1. The highest BCUT2D eigenvalue weighted by molar-refractivity contribution is 5.91. The molecule has 1 saturated heterocycles. The van der Waals surface area contributed by atoms with E-state index in [1.807, 2.05) is 30.3 Å². The molecule has 1 aliphatic heterocycles. The topological polar surface area (TPSA) is 53.6 Å². The number of nitrogens with zero attached hydrogens (tertiary/aromatic N) is 1. The summed E-state index contributed by atoms with van der Waals surface area (Å²) >= 11 is 0. The lowest BCUT2D eigenvalue weighted by Gasteiger charge is -2.32. The van der Waals surface area contributed by atoms with E-state index in [9.17, 15) is 4.79 Å². The molecule has 1 aliphatic rings. The zero-order valence-corrected chi connectivity index (χ0v) is 17.6. The highest BCUT2D eigenvalue weighted by Crippen LogP contribution is 2.24. The number of carbonyl (C=O) groups is 1. The third-order valence-corrected chi connectivity index (χ3v) is 5.59. The van der Waals surface area contributed by atoms with E-state index in [0.29, 0.717) is 13.0 Å². The number of amides is 1. The largest absolute Gasteiger partial charge is 0.496 e. The number of methoxy groups -OCH3 is 1. The first kappa shape index (κ1) is 21.2. The number of hydrogen-bond acceptors (Lipinski definition) is 4. The molecule has 2 aromatic carbocycles. The number of hydrogen-bond donors (Lipinski definition) is 2. The lowest BCUT2D eigenvalue weighted by molar-refractivity contribution is -0.116. The van der Waals surface area contributed by atoms with Gasteiger partial charge in [-0.05, 0) is 67.6 Å². The summed E-state index contributed by atoms with van der Waals surface area (Å²) in [6, 6.07) is 16.2. The maximum Gasteiger partial charge on any atom is 0.225 e. The van der Waals surface area contributed by atoms with Crippen LogP contribution < -0.4 is 20.3 Å². The van der Waals surface area contributed by atoms with Gasteiger partial charge in [0.1, 0.15) is 5.75 Å². The van der Waals surface area contributed by atoms with Gasteiger partial charge in [0.2, 0.25) is 5.91 Å². The van der Waals surface area contributed by atoms with Crippen LogP contribution in [0.1, 0.15) is 31.7 Å². The molecule has 0 atom stereocenters. The summed E-state index contributed by atoms with van der Waals surface area (Å²) in [4.78, 5) is 14.6. The number of ether oxygens (including phenoxy) is 1. The Kier molecular flexibility index (Phi) is 7.94. The molecule has 0 bridgehead atoms. The van der Waals surface area contributed by atoms with Gasteiger partial charge in [0.15, 0.2) is 0 Å². The Morgan fingerprint density at radius 2 is 1.79 bits per heavy atom. The Labute approximate surface area is 174 Å². The van der Waals surface area contributed by atoms with Crippen molar-refractivity contribution in [1.82, 2.24) is 5.32 Å². The van der Waals surface area contributed by atoms with Crippen LogP contribution in [0.3, 0.4) is 0 Å². The molecule has 1 heterocycles. The summed E-state index contributed by atoms with van der Waals surface area (Å²) in [5, 5.41) is 6.32. The molecule has 0 unspecified atom stereocenters. The Morgan fingerprint density at radius 1 is 1.07 bits per heavy atom. The fourth-order valence-electron chi connectivity index (χ4n) is 3.71. The van der Waals surface area contributed by atoms with Crippen LogP contribution >= 0.6 is 0 Å². The summed E-state index contributed by atoms with van der Waals surface area (Å²) in [5.74, 6) is 1.78. The van der Waals surface area contributed by atoms with E-state index in [-0.39, 0.29) is 5.91 Å². The van der Waals surface area contributed by atoms with Crippen molar-refractivity contribution in [2.45, 2.75) is 32.6 Å². The summed E-state index contributed by atoms with van der Waals surface area (Å²) in [7, 11) is 1.69. The van der Waals surface area contributed by atoms with E-state index < -0.39 is 0 Å². The van der Waals surface area contributed by atoms with Gasteiger partial charge in [-0.2, -0.15) is 0 Å². The summed E-state index contributed by atoms with van der Waals surface area (Å²) in [6.07, 6.45) is 3.84. The van der Waals surface area contributed by atoms with Gasteiger partial charge in [0.05, 0.1) is 7.11 Å². The molecule has 0 radical (unpaired) electrons. The molecule has 2 aromatic rings. The fraction of sp³-hybridized carbons (Fsp3) is 0.458. The maximum absolute atomic E-state index is 12.2. The first-order chi connectivity index (χ1) is 14.2. The third-order valence-electron chi connectivity index (χ3n) is 5.59. The molecular formula is C24H33N3O2. The van der Waals surface area contributed by atoms with Crippen LogP contribution in [0, 0.1) is 5.92 Å². The molecule has 2 N–H and O–H groups in total. The number of rotatable bonds is 9. The lowest BCUT2D eigenvalue weighted by Crippen LogP contribution is -2.32. The Morgan fingerprint density at radius 3 is 2.52 bits per heavy atom. The smallest absolute Gasteiger partial charge is 0.225 e. The Hall–Kier alpha value is -2.53. The van der Waals surface area contributed by atoms with Crippen LogP contribution in [0.2, 0.25) is 0 Å². The van der Waals surface area contributed by atoms with Crippen molar-refractivity contribution in [3.63, 3.8) is 0 Å². The zero-order valence-electron chi connectivity index (χ0n) is 17.6. The first-order valence-electron chi connectivity index (χ1n) is 10.6. The Balaban J connectivity index is 1.35. The average molecular weight is 396 g/mol. The molecule has 5 nitrogen and oxygen atoms in total. The molecule has 0 aromatic heterocycles. The highest BCUT2D eigenvalue weighted by atomic mass is 16.5. The van der Waals surface area contributed by atoms with E-state index in [1.165, 1.54) is 24.1 Å². The van der Waals surface area contributed by atoms with Gasteiger partial charge in [-0.1, -0.05) is 25.1 Å². The molecule has 1 amide bonds. The standard InChI is InChI=1S/C24H33N3O2/c1-19-13-17-27(18-14-19)22-9-7-21(8-10-22)26-24(28)12-16-25-15-11-20-5-3-4-6-23(20)29-2/h3-10,19,25H,11-18H2,1-2H3,(H,26,28). The normalized spacial score (nSPS) is 14.6. The lowest BCUT2D eigenvalue weighted by atomic mass is 9.99. The van der Waals surface area contributed by atoms with Crippen molar-refractivity contribution in [2.75, 3.05) is 43.5 Å². The van der Waals surface area contributed by atoms with Crippen LogP contribution in [0.5, 0.6) is 5.75 Å². The van der Waals surface area contributed by atoms with Crippen LogP contribution in [-0.2, 0) is 11.2 Å². The van der Waals surface area contributed by atoms with Crippen LogP contribution in [0.25, 0.3) is 0 Å². The van der Waals surface area contributed by atoms with Crippen LogP contribution in [0.4, 0.5) is 11.4 Å². The van der Waals surface area contributed by atoms with Crippen LogP contribution in [0.15, 0.2) is 48.5 Å². The quantitative estimate of drug-likeness (QED) is 0.628. The van der Waals surface area contributed by atoms with E-state index in [2.05, 4.69) is 40.7 Å². The van der Waals surface area contributed by atoms with Gasteiger partial charge in [-0.3, -0.25) is 4.79 Å². The van der Waals surface area contributed by atoms with Gasteiger partial charge in [-0.25, -0.2) is 0 Å². The van der Waals surface area contributed by atoms with E-state index in [1.54, 1.807) is 7.11 Å². The molecule has 0 spiro atoms. The van der Waals surface area contributed by atoms with Crippen molar-refractivity contribution in [2.24, 2.45) is 5.92 Å². The Bertz CT molecular complexity index is 768. The second kappa shape index (κ2) is 10.9. The average Bonchev–Trinajstić information content (AvgIpc) is 2.75. The van der Waals surface area contributed by atoms with E-state index in [0.717, 1.165) is 43.4 Å². The summed E-state index contributed by atoms with van der Waals surface area (Å²) in [5.41, 5.74) is 3.28. The minimum absolute atomic E-state index is 0.0364. The molecular weight excluding hydrogens is 362 g/mol. The second-order valence-electron chi connectivity index (χ2n) is 7.83. The molecule has 0 saturated carbocycles. The van der Waals surface area contributed by atoms with Crippen molar-refractivity contribution < 1.29 is 9.53 Å². The van der Waals surface area contributed by atoms with Crippen molar-refractivity contribution >= 4 is 17.3 Å². The van der Waals surface area contributed by atoms with Gasteiger partial charge in [-0.15, -0.1) is 0 Å². The minimum atomic E-state index is 0.0364. The van der Waals surface area contributed by atoms with E-state index in [4.69, 9.17) is 4.74 Å². The first-order valence-corrected chi connectivity index (χ1v) is 10.6. The van der Waals surface area contributed by atoms with Crippen LogP contribution in [-0.4, -0.2) is 39.2 Å². The van der Waals surface area contributed by atoms with Crippen molar-refractivity contribution in [3.05, 3.63) is 54.1 Å². The molecule has 1 fully saturated rings. The van der Waals surface area contributed by atoms with Gasteiger partial charge in [0.25, 0.3) is 0 Å². The third kappa shape index (κ3) is 6.50. The number of anilines is 2. The molecule has 29 heavy (non-hydrogen) atoms. The highest BCUT2D eigenvalue weighted by Gasteiger charge is 2.15. The SMILES string of the molecule is COc1ccccc1CCNCCC(=O)Nc1ccc(N2CCC(C)CC2)cc1. The maximum atomic E-state index is 12.2. The second-order valence-corrected chi connectivity index (χ2v) is 7.83. The van der Waals surface area contributed by atoms with Crippen molar-refractivity contribution in [1.29, 1.82) is 0 Å².